The standard InChI is InChI=1S/C17H16N4O2/c1-10-3-6-16-12(7-10)14(9-23-16)18-17(22)11-4-5-15-13(8-11)19-20-21(15)2/h3-8,14H,9H2,1-2H3,(H,18,22)/t14-/m1/s1. The minimum Gasteiger partial charge on any atom is -0.491 e. The molecule has 4 rings (SSSR count). The van der Waals surface area contributed by atoms with E-state index in [0.29, 0.717) is 17.7 Å². The van der Waals surface area contributed by atoms with Crippen LogP contribution in [-0.4, -0.2) is 27.5 Å². The van der Waals surface area contributed by atoms with E-state index < -0.39 is 0 Å². The molecule has 1 aromatic heterocycles. The Morgan fingerprint density at radius 3 is 3.04 bits per heavy atom. The van der Waals surface area contributed by atoms with E-state index in [1.54, 1.807) is 16.8 Å². The lowest BCUT2D eigenvalue weighted by atomic mass is 10.1. The summed E-state index contributed by atoms with van der Waals surface area (Å²) >= 11 is 0. The monoisotopic (exact) mass is 308 g/mol. The molecule has 0 saturated heterocycles. The van der Waals surface area contributed by atoms with E-state index in [4.69, 9.17) is 4.74 Å². The minimum atomic E-state index is -0.138. The van der Waals surface area contributed by atoms with Gasteiger partial charge in [0.2, 0.25) is 0 Å². The van der Waals surface area contributed by atoms with Crippen molar-refractivity contribution in [3.05, 3.63) is 53.1 Å². The van der Waals surface area contributed by atoms with Crippen LogP contribution in [0.15, 0.2) is 36.4 Å². The predicted octanol–water partition coefficient (Wildman–Crippen LogP) is 2.14. The zero-order valence-electron chi connectivity index (χ0n) is 12.9. The zero-order valence-corrected chi connectivity index (χ0v) is 12.9. The SMILES string of the molecule is Cc1ccc2c(c1)[C@H](NC(=O)c1ccc3c(c1)nnn3C)CO2. The van der Waals surface area contributed by atoms with E-state index in [1.807, 2.05) is 32.2 Å². The Bertz CT molecular complexity index is 916. The number of aryl methyl sites for hydroxylation is 2. The number of benzene rings is 2. The predicted molar refractivity (Wildman–Crippen MR) is 85.4 cm³/mol. The third kappa shape index (κ3) is 2.32. The van der Waals surface area contributed by atoms with Crippen molar-refractivity contribution in [3.8, 4) is 5.75 Å². The molecule has 116 valence electrons. The molecule has 0 unspecified atom stereocenters. The van der Waals surface area contributed by atoms with Gasteiger partial charge in [-0.25, -0.2) is 4.68 Å². The van der Waals surface area contributed by atoms with E-state index in [2.05, 4.69) is 21.7 Å². The van der Waals surface area contributed by atoms with Gasteiger partial charge in [0.05, 0.1) is 11.6 Å². The second kappa shape index (κ2) is 5.08. The van der Waals surface area contributed by atoms with Crippen LogP contribution in [0.3, 0.4) is 0 Å². The second-order valence-electron chi connectivity index (χ2n) is 5.79. The molecule has 1 amide bonds. The summed E-state index contributed by atoms with van der Waals surface area (Å²) < 4.78 is 7.32. The molecule has 0 bridgehead atoms. The fourth-order valence-electron chi connectivity index (χ4n) is 2.88. The Morgan fingerprint density at radius 2 is 2.17 bits per heavy atom. The summed E-state index contributed by atoms with van der Waals surface area (Å²) in [6.45, 7) is 2.48. The molecule has 1 N–H and O–H groups in total. The number of fused-ring (bicyclic) bond motifs is 2. The number of ether oxygens (including phenoxy) is 1. The van der Waals surface area contributed by atoms with E-state index in [9.17, 15) is 4.79 Å². The molecule has 6 heteroatoms. The van der Waals surface area contributed by atoms with Crippen LogP contribution in [0, 0.1) is 6.92 Å². The molecule has 1 aliphatic heterocycles. The summed E-state index contributed by atoms with van der Waals surface area (Å²) in [5.41, 5.74) is 4.35. The molecule has 0 radical (unpaired) electrons. The summed E-state index contributed by atoms with van der Waals surface area (Å²) in [6.07, 6.45) is 0. The topological polar surface area (TPSA) is 69.0 Å². The Labute approximate surface area is 133 Å². The van der Waals surface area contributed by atoms with Crippen molar-refractivity contribution < 1.29 is 9.53 Å². The Hall–Kier alpha value is -2.89. The molecule has 6 nitrogen and oxygen atoms in total. The van der Waals surface area contributed by atoms with Crippen molar-refractivity contribution in [2.75, 3.05) is 6.61 Å². The number of nitrogens with one attached hydrogen (secondary N) is 1. The van der Waals surface area contributed by atoms with Gasteiger partial charge in [-0.2, -0.15) is 0 Å². The van der Waals surface area contributed by atoms with Crippen molar-refractivity contribution in [2.24, 2.45) is 7.05 Å². The van der Waals surface area contributed by atoms with Gasteiger partial charge in [0.25, 0.3) is 5.91 Å². The average Bonchev–Trinajstić information content (AvgIpc) is 3.11. The maximum absolute atomic E-state index is 12.5. The highest BCUT2D eigenvalue weighted by Gasteiger charge is 2.26. The Morgan fingerprint density at radius 1 is 1.30 bits per heavy atom. The van der Waals surface area contributed by atoms with Crippen molar-refractivity contribution in [1.29, 1.82) is 0 Å². The number of hydrogen-bond acceptors (Lipinski definition) is 4. The summed E-state index contributed by atoms with van der Waals surface area (Å²) in [5.74, 6) is 0.700. The molecule has 3 aromatic rings. The highest BCUT2D eigenvalue weighted by Crippen LogP contribution is 2.33. The minimum absolute atomic E-state index is 0.130. The molecule has 23 heavy (non-hydrogen) atoms. The number of carbonyl (C=O) groups excluding carboxylic acids is 1. The van der Waals surface area contributed by atoms with Gasteiger partial charge < -0.3 is 10.1 Å². The van der Waals surface area contributed by atoms with Crippen LogP contribution in [0.5, 0.6) is 5.75 Å². The van der Waals surface area contributed by atoms with E-state index in [-0.39, 0.29) is 11.9 Å². The third-order valence-electron chi connectivity index (χ3n) is 4.12. The summed E-state index contributed by atoms with van der Waals surface area (Å²) in [5, 5.41) is 11.0. The van der Waals surface area contributed by atoms with Crippen LogP contribution in [0.25, 0.3) is 11.0 Å². The first-order valence-corrected chi connectivity index (χ1v) is 7.45. The maximum Gasteiger partial charge on any atom is 0.251 e. The quantitative estimate of drug-likeness (QED) is 0.787. The number of aromatic nitrogens is 3. The number of nitrogens with zero attached hydrogens (tertiary/aromatic N) is 3. The highest BCUT2D eigenvalue weighted by atomic mass is 16.5. The molecular formula is C17H16N4O2. The van der Waals surface area contributed by atoms with E-state index in [1.165, 1.54) is 0 Å². The fourth-order valence-corrected chi connectivity index (χ4v) is 2.88. The van der Waals surface area contributed by atoms with Gasteiger partial charge >= 0.3 is 0 Å². The first-order valence-electron chi connectivity index (χ1n) is 7.45. The smallest absolute Gasteiger partial charge is 0.251 e. The van der Waals surface area contributed by atoms with Crippen molar-refractivity contribution in [3.63, 3.8) is 0 Å². The van der Waals surface area contributed by atoms with Crippen LogP contribution < -0.4 is 10.1 Å². The van der Waals surface area contributed by atoms with Crippen molar-refractivity contribution >= 4 is 16.9 Å². The van der Waals surface area contributed by atoms with Gasteiger partial charge in [0.1, 0.15) is 17.9 Å². The van der Waals surface area contributed by atoms with Gasteiger partial charge in [-0.15, -0.1) is 5.10 Å². The lowest BCUT2D eigenvalue weighted by Crippen LogP contribution is -2.29. The fraction of sp³-hybridized carbons (Fsp3) is 0.235. The third-order valence-corrected chi connectivity index (χ3v) is 4.12. The number of rotatable bonds is 2. The second-order valence-corrected chi connectivity index (χ2v) is 5.79. The van der Waals surface area contributed by atoms with Gasteiger partial charge in [-0.1, -0.05) is 22.9 Å². The molecule has 2 aromatic carbocycles. The van der Waals surface area contributed by atoms with Crippen LogP contribution >= 0.6 is 0 Å². The number of amides is 1. The summed E-state index contributed by atoms with van der Waals surface area (Å²) in [4.78, 5) is 12.5. The lowest BCUT2D eigenvalue weighted by molar-refractivity contribution is 0.0930. The van der Waals surface area contributed by atoms with Gasteiger partial charge in [-0.3, -0.25) is 4.79 Å². The number of hydrogen-bond donors (Lipinski definition) is 1. The zero-order chi connectivity index (χ0) is 16.0. The maximum atomic E-state index is 12.5. The summed E-state index contributed by atoms with van der Waals surface area (Å²) in [7, 11) is 1.82. The van der Waals surface area contributed by atoms with Crippen LogP contribution in [-0.2, 0) is 7.05 Å². The van der Waals surface area contributed by atoms with Crippen LogP contribution in [0.1, 0.15) is 27.5 Å². The first kappa shape index (κ1) is 13.8. The molecule has 1 atom stereocenters. The molecule has 0 saturated carbocycles. The Balaban J connectivity index is 1.59. The first-order chi connectivity index (χ1) is 11.1. The van der Waals surface area contributed by atoms with Gasteiger partial charge in [0.15, 0.2) is 0 Å². The molecule has 1 aliphatic rings. The van der Waals surface area contributed by atoms with E-state index in [0.717, 1.165) is 22.4 Å². The average molecular weight is 308 g/mol. The van der Waals surface area contributed by atoms with Crippen LogP contribution in [0.2, 0.25) is 0 Å². The molecular weight excluding hydrogens is 292 g/mol. The van der Waals surface area contributed by atoms with Crippen molar-refractivity contribution in [1.82, 2.24) is 20.3 Å². The summed E-state index contributed by atoms with van der Waals surface area (Å²) in [6, 6.07) is 11.3. The Kier molecular flexibility index (Phi) is 3.04. The molecule has 0 aliphatic carbocycles. The van der Waals surface area contributed by atoms with Crippen molar-refractivity contribution in [2.45, 2.75) is 13.0 Å². The number of carbonyl (C=O) groups is 1. The van der Waals surface area contributed by atoms with Crippen LogP contribution in [0.4, 0.5) is 0 Å². The lowest BCUT2D eigenvalue weighted by Gasteiger charge is -2.12. The van der Waals surface area contributed by atoms with Gasteiger partial charge in [-0.05, 0) is 31.2 Å². The molecule has 2 heterocycles. The highest BCUT2D eigenvalue weighted by molar-refractivity contribution is 5.97. The molecule has 0 fully saturated rings. The largest absolute Gasteiger partial charge is 0.491 e. The molecule has 0 spiro atoms. The normalized spacial score (nSPS) is 16.2. The van der Waals surface area contributed by atoms with Gasteiger partial charge in [0, 0.05) is 18.2 Å². The van der Waals surface area contributed by atoms with E-state index >= 15 is 0 Å².